The molecule has 24 heavy (non-hydrogen) atoms. The quantitative estimate of drug-likeness (QED) is 0.409. The summed E-state index contributed by atoms with van der Waals surface area (Å²) in [6.07, 6.45) is 0. The average Bonchev–Trinajstić information content (AvgIpc) is 2.45. The third kappa shape index (κ3) is 16.0. The van der Waals surface area contributed by atoms with E-state index in [2.05, 4.69) is 62.0 Å². The van der Waals surface area contributed by atoms with E-state index in [0.717, 1.165) is 5.71 Å². The SMILES string of the molecule is C=C(C(C)C)C(C)C.CC(C)C(=N)C(C)C.CC(C)C(=O)C(C)C. The van der Waals surface area contributed by atoms with Crippen molar-refractivity contribution in [1.82, 2.24) is 0 Å². The minimum absolute atomic E-state index is 0.204. The molecule has 0 radical (unpaired) electrons. The number of carbonyl (C=O) groups excluding carboxylic acids is 1. The molecule has 2 heteroatoms. The van der Waals surface area contributed by atoms with Crippen molar-refractivity contribution in [1.29, 1.82) is 5.41 Å². The van der Waals surface area contributed by atoms with E-state index >= 15 is 0 Å². The minimum Gasteiger partial charge on any atom is -0.309 e. The Morgan fingerprint density at radius 1 is 0.583 bits per heavy atom. The number of hydrogen-bond donors (Lipinski definition) is 1. The van der Waals surface area contributed by atoms with E-state index in [-0.39, 0.29) is 11.8 Å². The van der Waals surface area contributed by atoms with Gasteiger partial charge >= 0.3 is 0 Å². The predicted molar refractivity (Wildman–Crippen MR) is 111 cm³/mol. The highest BCUT2D eigenvalue weighted by Crippen LogP contribution is 2.15. The zero-order valence-corrected chi connectivity index (χ0v) is 18.6. The molecule has 0 aromatic rings. The molecule has 0 spiro atoms. The Labute approximate surface area is 153 Å². The monoisotopic (exact) mass is 339 g/mol. The van der Waals surface area contributed by atoms with Crippen molar-refractivity contribution in [3.8, 4) is 0 Å². The van der Waals surface area contributed by atoms with Gasteiger partial charge in [-0.05, 0) is 23.7 Å². The molecule has 0 unspecified atom stereocenters. The number of Topliss-reactive ketones (excluding diaryl/α,β-unsaturated/α-hetero) is 1. The van der Waals surface area contributed by atoms with Crippen LogP contribution in [0.15, 0.2) is 12.2 Å². The van der Waals surface area contributed by atoms with Crippen LogP contribution in [0.3, 0.4) is 0 Å². The molecule has 0 saturated carbocycles. The van der Waals surface area contributed by atoms with Gasteiger partial charge in [-0.3, -0.25) is 4.79 Å². The van der Waals surface area contributed by atoms with E-state index in [0.29, 0.717) is 29.5 Å². The molecule has 144 valence electrons. The van der Waals surface area contributed by atoms with Crippen LogP contribution in [0, 0.1) is 40.9 Å². The standard InChI is InChI=1S/C8H16.C7H15N.C7H14O/c1-6(2)8(5)7(3)4;2*1-5(2)7(8)6(3)4/h6-7H,5H2,1-4H3;5-6,8H,1-4H3;5-6H,1-4H3. The molecular weight excluding hydrogens is 294 g/mol. The summed E-state index contributed by atoms with van der Waals surface area (Å²) in [7, 11) is 0. The fourth-order valence-corrected chi connectivity index (χ4v) is 2.00. The summed E-state index contributed by atoms with van der Waals surface area (Å²) in [4.78, 5) is 10.8. The molecule has 0 aromatic heterocycles. The van der Waals surface area contributed by atoms with Crippen LogP contribution in [0.5, 0.6) is 0 Å². The Balaban J connectivity index is -0.000000276. The zero-order valence-electron chi connectivity index (χ0n) is 18.6. The molecule has 2 nitrogen and oxygen atoms in total. The Kier molecular flexibility index (Phi) is 16.8. The highest BCUT2D eigenvalue weighted by molar-refractivity contribution is 5.84. The van der Waals surface area contributed by atoms with Gasteiger partial charge in [0.25, 0.3) is 0 Å². The predicted octanol–water partition coefficient (Wildman–Crippen LogP) is 7.04. The van der Waals surface area contributed by atoms with Crippen molar-refractivity contribution < 1.29 is 4.79 Å². The Bertz CT molecular complexity index is 273. The van der Waals surface area contributed by atoms with Crippen LogP contribution in [0.4, 0.5) is 0 Å². The lowest BCUT2D eigenvalue weighted by Gasteiger charge is -2.11. The van der Waals surface area contributed by atoms with Crippen LogP contribution in [0.1, 0.15) is 83.1 Å². The number of rotatable bonds is 6. The van der Waals surface area contributed by atoms with Crippen LogP contribution in [0.25, 0.3) is 0 Å². The first-order chi connectivity index (χ1) is 10.7. The van der Waals surface area contributed by atoms with E-state index in [9.17, 15) is 4.79 Å². The molecule has 0 heterocycles. The maximum Gasteiger partial charge on any atom is 0.137 e. The van der Waals surface area contributed by atoms with E-state index in [1.165, 1.54) is 5.57 Å². The summed E-state index contributed by atoms with van der Waals surface area (Å²) >= 11 is 0. The van der Waals surface area contributed by atoms with Gasteiger partial charge in [-0.2, -0.15) is 0 Å². The second-order valence-electron chi connectivity index (χ2n) is 8.36. The number of nitrogens with one attached hydrogen (secondary N) is 1. The summed E-state index contributed by atoms with van der Waals surface area (Å²) in [5, 5.41) is 7.40. The van der Waals surface area contributed by atoms with Crippen molar-refractivity contribution in [2.75, 3.05) is 0 Å². The zero-order chi connectivity index (χ0) is 20.2. The van der Waals surface area contributed by atoms with Crippen LogP contribution in [-0.2, 0) is 4.79 Å². The van der Waals surface area contributed by atoms with Crippen molar-refractivity contribution in [2.24, 2.45) is 35.5 Å². The van der Waals surface area contributed by atoms with Gasteiger partial charge in [-0.1, -0.05) is 95.2 Å². The number of hydrogen-bond acceptors (Lipinski definition) is 2. The third-order valence-corrected chi connectivity index (χ3v) is 3.87. The molecule has 0 fully saturated rings. The van der Waals surface area contributed by atoms with E-state index in [1.807, 2.05) is 27.7 Å². The molecule has 0 amide bonds. The van der Waals surface area contributed by atoms with Gasteiger partial charge in [0.15, 0.2) is 0 Å². The highest BCUT2D eigenvalue weighted by Gasteiger charge is 2.10. The number of allylic oxidation sites excluding steroid dienone is 1. The van der Waals surface area contributed by atoms with Crippen molar-refractivity contribution in [3.63, 3.8) is 0 Å². The van der Waals surface area contributed by atoms with E-state index < -0.39 is 0 Å². The summed E-state index contributed by atoms with van der Waals surface area (Å²) in [5.74, 6) is 2.91. The second-order valence-corrected chi connectivity index (χ2v) is 8.36. The van der Waals surface area contributed by atoms with Crippen LogP contribution in [0.2, 0.25) is 0 Å². The first-order valence-corrected chi connectivity index (χ1v) is 9.47. The smallest absolute Gasteiger partial charge is 0.137 e. The van der Waals surface area contributed by atoms with Crippen molar-refractivity contribution in [2.45, 2.75) is 83.1 Å². The second kappa shape index (κ2) is 14.4. The molecule has 0 atom stereocenters. The molecular formula is C22H45NO. The lowest BCUT2D eigenvalue weighted by Crippen LogP contribution is -2.13. The van der Waals surface area contributed by atoms with Gasteiger partial charge in [0.1, 0.15) is 5.78 Å². The maximum absolute atomic E-state index is 10.8. The van der Waals surface area contributed by atoms with Gasteiger partial charge < -0.3 is 5.41 Å². The first kappa shape index (κ1) is 27.9. The normalized spacial score (nSPS) is 10.8. The van der Waals surface area contributed by atoms with Crippen molar-refractivity contribution in [3.05, 3.63) is 12.2 Å². The van der Waals surface area contributed by atoms with Gasteiger partial charge in [0.2, 0.25) is 0 Å². The maximum atomic E-state index is 10.8. The summed E-state index contributed by atoms with van der Waals surface area (Å²) in [5.41, 5.74) is 2.20. The molecule has 0 aliphatic heterocycles. The summed E-state index contributed by atoms with van der Waals surface area (Å²) in [6, 6.07) is 0. The van der Waals surface area contributed by atoms with Crippen molar-refractivity contribution >= 4 is 11.5 Å². The first-order valence-electron chi connectivity index (χ1n) is 9.47. The van der Waals surface area contributed by atoms with E-state index in [4.69, 9.17) is 5.41 Å². The Morgan fingerprint density at radius 3 is 0.833 bits per heavy atom. The lowest BCUT2D eigenvalue weighted by molar-refractivity contribution is -0.124. The average molecular weight is 340 g/mol. The largest absolute Gasteiger partial charge is 0.309 e. The molecule has 0 aromatic carbocycles. The number of carbonyl (C=O) groups is 1. The van der Waals surface area contributed by atoms with Gasteiger partial charge in [0, 0.05) is 17.5 Å². The van der Waals surface area contributed by atoms with Crippen LogP contribution < -0.4 is 0 Å². The number of ketones is 1. The fourth-order valence-electron chi connectivity index (χ4n) is 2.00. The molecule has 0 aliphatic rings. The summed E-state index contributed by atoms with van der Waals surface area (Å²) < 4.78 is 0. The van der Waals surface area contributed by atoms with Gasteiger partial charge in [-0.15, -0.1) is 0 Å². The molecule has 0 bridgehead atoms. The molecule has 1 N–H and O–H groups in total. The third-order valence-electron chi connectivity index (χ3n) is 3.87. The molecule has 0 rings (SSSR count). The van der Waals surface area contributed by atoms with Crippen LogP contribution in [-0.4, -0.2) is 11.5 Å². The Morgan fingerprint density at radius 2 is 0.833 bits per heavy atom. The molecule has 0 saturated heterocycles. The Hall–Kier alpha value is -0.920. The molecule has 0 aliphatic carbocycles. The topological polar surface area (TPSA) is 40.9 Å². The van der Waals surface area contributed by atoms with E-state index in [1.54, 1.807) is 0 Å². The van der Waals surface area contributed by atoms with Gasteiger partial charge in [0.05, 0.1) is 0 Å². The van der Waals surface area contributed by atoms with Crippen LogP contribution >= 0.6 is 0 Å². The highest BCUT2D eigenvalue weighted by atomic mass is 16.1. The summed E-state index contributed by atoms with van der Waals surface area (Å²) in [6.45, 7) is 28.6. The lowest BCUT2D eigenvalue weighted by atomic mass is 9.95. The minimum atomic E-state index is 0.204. The fraction of sp³-hybridized carbons (Fsp3) is 0.818. The van der Waals surface area contributed by atoms with Gasteiger partial charge in [-0.25, -0.2) is 0 Å².